The normalized spacial score (nSPS) is 21.4. The fourth-order valence-electron chi connectivity index (χ4n) is 7.17. The van der Waals surface area contributed by atoms with Gasteiger partial charge >= 0.3 is 0 Å². The summed E-state index contributed by atoms with van der Waals surface area (Å²) in [5, 5.41) is 10.1. The van der Waals surface area contributed by atoms with E-state index in [9.17, 15) is 19.3 Å². The van der Waals surface area contributed by atoms with Crippen LogP contribution in [-0.4, -0.2) is 96.9 Å². The molecule has 47 heavy (non-hydrogen) atoms. The van der Waals surface area contributed by atoms with Gasteiger partial charge in [-0.05, 0) is 55.9 Å². The van der Waals surface area contributed by atoms with E-state index in [4.69, 9.17) is 14.2 Å². The maximum atomic E-state index is 14.0. The molecule has 1 N–H and O–H groups in total. The molecule has 0 aromatic heterocycles. The Morgan fingerprint density at radius 2 is 1.62 bits per heavy atom. The number of methoxy groups -OCH3 is 1. The first-order valence-corrected chi connectivity index (χ1v) is 18.7. The maximum absolute atomic E-state index is 14.0. The molecule has 250 valence electrons. The number of ether oxygens (including phenoxy) is 3. The van der Waals surface area contributed by atoms with Gasteiger partial charge in [0.1, 0.15) is 5.75 Å². The average molecular weight is 662 g/mol. The molecular weight excluding hydrogens is 617 g/mol. The van der Waals surface area contributed by atoms with Crippen LogP contribution in [0.25, 0.3) is 0 Å². The van der Waals surface area contributed by atoms with Gasteiger partial charge in [0.05, 0.1) is 51.4 Å². The zero-order chi connectivity index (χ0) is 33.3. The first kappa shape index (κ1) is 33.0. The summed E-state index contributed by atoms with van der Waals surface area (Å²) in [5.41, 5.74) is 5.12. The van der Waals surface area contributed by atoms with E-state index in [0.717, 1.165) is 42.4 Å². The Morgan fingerprint density at radius 3 is 2.34 bits per heavy atom. The van der Waals surface area contributed by atoms with Gasteiger partial charge in [0, 0.05) is 61.0 Å². The van der Waals surface area contributed by atoms with Gasteiger partial charge in [0.2, 0.25) is 0 Å². The predicted octanol–water partition coefficient (Wildman–Crippen LogP) is 5.62. The molecule has 4 heterocycles. The molecule has 10 nitrogen and oxygen atoms in total. The average Bonchev–Trinajstić information content (AvgIpc) is 3.56. The number of fused-ring (bicyclic) bond motifs is 4. The lowest BCUT2D eigenvalue weighted by Crippen LogP contribution is -2.35. The molecule has 6 rings (SSSR count). The summed E-state index contributed by atoms with van der Waals surface area (Å²) < 4.78 is 31.9. The third kappa shape index (κ3) is 6.76. The highest BCUT2D eigenvalue weighted by molar-refractivity contribution is 7.63. The van der Waals surface area contributed by atoms with Crippen LogP contribution in [0, 0.1) is 0 Å². The Kier molecular flexibility index (Phi) is 9.62. The van der Waals surface area contributed by atoms with E-state index in [-0.39, 0.29) is 43.7 Å². The molecule has 1 unspecified atom stereocenters. The second kappa shape index (κ2) is 13.7. The van der Waals surface area contributed by atoms with E-state index in [1.807, 2.05) is 17.9 Å². The van der Waals surface area contributed by atoms with Gasteiger partial charge in [-0.2, -0.15) is 0 Å². The number of nitrogens with zero attached hydrogens (tertiary/aromatic N) is 3. The highest BCUT2D eigenvalue weighted by Crippen LogP contribution is 2.46. The lowest BCUT2D eigenvalue weighted by Gasteiger charge is -2.22. The molecule has 2 saturated heterocycles. The number of aryl methyl sites for hydroxylation is 1. The smallest absolute Gasteiger partial charge is 0.257 e. The van der Waals surface area contributed by atoms with E-state index < -0.39 is 7.14 Å². The van der Waals surface area contributed by atoms with Gasteiger partial charge < -0.3 is 33.7 Å². The molecule has 2 aromatic rings. The Labute approximate surface area is 276 Å². The molecule has 0 spiro atoms. The largest absolute Gasteiger partial charge is 0.493 e. The van der Waals surface area contributed by atoms with E-state index >= 15 is 0 Å². The number of hydrogen-bond acceptors (Lipinski definition) is 8. The highest BCUT2D eigenvalue weighted by Gasteiger charge is 2.36. The van der Waals surface area contributed by atoms with Crippen molar-refractivity contribution >= 4 is 30.9 Å². The third-order valence-electron chi connectivity index (χ3n) is 9.65. The van der Waals surface area contributed by atoms with E-state index in [1.54, 1.807) is 29.3 Å². The van der Waals surface area contributed by atoms with Crippen molar-refractivity contribution in [2.24, 2.45) is 4.99 Å². The van der Waals surface area contributed by atoms with Crippen LogP contribution >= 0.6 is 7.14 Å². The van der Waals surface area contributed by atoms with Crippen molar-refractivity contribution in [2.45, 2.75) is 57.7 Å². The molecule has 2 fully saturated rings. The maximum Gasteiger partial charge on any atom is 0.257 e. The molecule has 2 amide bonds. The number of aliphatic hydroxyl groups is 1. The molecule has 11 heteroatoms. The van der Waals surface area contributed by atoms with Crippen molar-refractivity contribution in [3.63, 3.8) is 0 Å². The molecule has 4 aliphatic heterocycles. The molecule has 0 saturated carbocycles. The molecular formula is C36H44N3O7P. The highest BCUT2D eigenvalue weighted by atomic mass is 31.2. The number of amides is 2. The monoisotopic (exact) mass is 661 g/mol. The van der Waals surface area contributed by atoms with E-state index in [1.165, 1.54) is 7.11 Å². The summed E-state index contributed by atoms with van der Waals surface area (Å²) in [6, 6.07) is 7.06. The van der Waals surface area contributed by atoms with Crippen LogP contribution in [0.1, 0.15) is 64.4 Å². The summed E-state index contributed by atoms with van der Waals surface area (Å²) in [5.74, 6) is 1.25. The minimum Gasteiger partial charge on any atom is -0.493 e. The lowest BCUT2D eigenvalue weighted by atomic mass is 9.98. The topological polar surface area (TPSA) is 118 Å². The van der Waals surface area contributed by atoms with Crippen LogP contribution in [0.4, 0.5) is 5.69 Å². The molecule has 0 radical (unpaired) electrons. The molecule has 2 aromatic carbocycles. The fraction of sp³-hybridized carbons (Fsp3) is 0.472. The van der Waals surface area contributed by atoms with Gasteiger partial charge in [0.25, 0.3) is 11.8 Å². The molecule has 0 bridgehead atoms. The quantitative estimate of drug-likeness (QED) is 0.232. The van der Waals surface area contributed by atoms with Crippen molar-refractivity contribution in [3.05, 3.63) is 70.8 Å². The Balaban J connectivity index is 1.10. The second-order valence-corrected chi connectivity index (χ2v) is 16.5. The van der Waals surface area contributed by atoms with Crippen molar-refractivity contribution in [1.82, 2.24) is 9.80 Å². The van der Waals surface area contributed by atoms with Crippen molar-refractivity contribution in [1.29, 1.82) is 0 Å². The van der Waals surface area contributed by atoms with Crippen LogP contribution < -0.4 is 14.2 Å². The van der Waals surface area contributed by atoms with Gasteiger partial charge in [0.15, 0.2) is 11.5 Å². The van der Waals surface area contributed by atoms with Gasteiger partial charge in [-0.25, -0.2) is 0 Å². The first-order valence-electron chi connectivity index (χ1n) is 16.4. The van der Waals surface area contributed by atoms with Crippen molar-refractivity contribution < 1.29 is 33.5 Å². The summed E-state index contributed by atoms with van der Waals surface area (Å²) in [7, 11) is -1.15. The fourth-order valence-corrected chi connectivity index (χ4v) is 9.51. The molecule has 3 atom stereocenters. The predicted molar refractivity (Wildman–Crippen MR) is 182 cm³/mol. The minimum absolute atomic E-state index is 0.0222. The summed E-state index contributed by atoms with van der Waals surface area (Å²) in [6.07, 6.45) is 6.92. The van der Waals surface area contributed by atoms with Crippen molar-refractivity contribution in [3.8, 4) is 17.2 Å². The summed E-state index contributed by atoms with van der Waals surface area (Å²) in [6.45, 7) is 11.4. The Hall–Kier alpha value is -3.88. The van der Waals surface area contributed by atoms with Gasteiger partial charge in [-0.1, -0.05) is 31.2 Å². The number of aliphatic hydroxyl groups excluding tert-OH is 1. The number of rotatable bonds is 12. The van der Waals surface area contributed by atoms with Crippen molar-refractivity contribution in [2.75, 3.05) is 51.9 Å². The summed E-state index contributed by atoms with van der Waals surface area (Å²) >= 11 is 0. The third-order valence-corrected chi connectivity index (χ3v) is 12.9. The van der Waals surface area contributed by atoms with Gasteiger partial charge in [-0.3, -0.25) is 14.6 Å². The number of aliphatic imine (C=N–C) groups is 1. The first-order chi connectivity index (χ1) is 22.6. The molecule has 0 aliphatic carbocycles. The number of carbonyl (C=O) groups is 2. The molecule has 4 aliphatic rings. The van der Waals surface area contributed by atoms with E-state index in [2.05, 4.69) is 18.2 Å². The zero-order valence-electron chi connectivity index (χ0n) is 27.3. The van der Waals surface area contributed by atoms with Crippen LogP contribution in [-0.2, 0) is 17.6 Å². The lowest BCUT2D eigenvalue weighted by molar-refractivity contribution is 0.0741. The van der Waals surface area contributed by atoms with Crippen LogP contribution in [0.2, 0.25) is 0 Å². The SMILES string of the molecule is C=C1C[C@H]2CCc3cc(OCCP(=O)(CCC)CCOc4cc5c(cc4OC)C(=O)N4CC(=C)C[C@H]4C=N5)c(CO)cc3C(=O)N2C1. The number of benzene rings is 2. The summed E-state index contributed by atoms with van der Waals surface area (Å²) in [4.78, 5) is 34.9. The standard InChI is InChI=1S/C36H44N3O7P/c1-5-10-47(43,11-8-45-32-16-25-6-7-27-13-23(2)20-38(27)35(41)29(25)15-26(32)22-40)12-9-46-34-18-31-30(17-33(34)44-4)36(42)39-21-24(3)14-28(39)19-37-31/h15-19,27-28,40H,2-3,5-14,20-22H2,1,4H3/t27-,28+,47?/m1/s1. The van der Waals surface area contributed by atoms with Crippen LogP contribution in [0.15, 0.2) is 53.6 Å². The minimum atomic E-state index is -2.68. The van der Waals surface area contributed by atoms with Gasteiger partial charge in [-0.15, -0.1) is 0 Å². The second-order valence-electron chi connectivity index (χ2n) is 13.0. The Bertz CT molecular complexity index is 1680. The number of hydrogen-bond donors (Lipinski definition) is 1. The van der Waals surface area contributed by atoms with E-state index in [0.29, 0.717) is 77.6 Å². The van der Waals surface area contributed by atoms with Crippen LogP contribution in [0.5, 0.6) is 17.2 Å². The number of carbonyl (C=O) groups excluding carboxylic acids is 2. The zero-order valence-corrected chi connectivity index (χ0v) is 28.2. The van der Waals surface area contributed by atoms with Crippen LogP contribution in [0.3, 0.4) is 0 Å². The Morgan fingerprint density at radius 1 is 0.915 bits per heavy atom.